The van der Waals surface area contributed by atoms with Crippen LogP contribution in [0.3, 0.4) is 0 Å². The van der Waals surface area contributed by atoms with Crippen LogP contribution < -0.4 is 5.32 Å². The van der Waals surface area contributed by atoms with E-state index >= 15 is 0 Å². The zero-order chi connectivity index (χ0) is 32.6. The standard InChI is InChI=1S/C38H34N2O6S/c41-23-25-11-13-28(14-12-25)34-21-32(24-47-36-33(37(43)44)10-5-19-39-36)45-38(46-34)30-17-15-27(16-18-30)31-9-4-6-26(20-31)22-40-35(42)29-7-2-1-3-8-29/h1-20,32,34,38,41H,21-24H2,(H,40,42)(H,43,44)/t32-,34+,38+/m1/s1. The minimum absolute atomic E-state index is 0.0373. The Morgan fingerprint density at radius 1 is 0.809 bits per heavy atom. The number of carbonyl (C=O) groups is 2. The van der Waals surface area contributed by atoms with Crippen LogP contribution in [0, 0.1) is 0 Å². The number of thioether (sulfide) groups is 1. The molecule has 1 amide bonds. The third-order valence-electron chi connectivity index (χ3n) is 7.95. The topological polar surface area (TPSA) is 118 Å². The van der Waals surface area contributed by atoms with E-state index in [0.717, 1.165) is 33.4 Å². The van der Waals surface area contributed by atoms with Crippen LogP contribution in [0.15, 0.2) is 126 Å². The zero-order valence-electron chi connectivity index (χ0n) is 25.5. The Balaban J connectivity index is 1.17. The zero-order valence-corrected chi connectivity index (χ0v) is 26.3. The third kappa shape index (κ3) is 8.14. The summed E-state index contributed by atoms with van der Waals surface area (Å²) in [6.45, 7) is 0.375. The molecule has 3 N–H and O–H groups in total. The van der Waals surface area contributed by atoms with Crippen molar-refractivity contribution in [1.82, 2.24) is 10.3 Å². The number of carboxylic acid groups (broad SMARTS) is 1. The van der Waals surface area contributed by atoms with Gasteiger partial charge in [0.25, 0.3) is 5.91 Å². The maximum absolute atomic E-state index is 12.5. The highest BCUT2D eigenvalue weighted by Gasteiger charge is 2.32. The van der Waals surface area contributed by atoms with E-state index in [9.17, 15) is 19.8 Å². The minimum Gasteiger partial charge on any atom is -0.478 e. The molecule has 1 aliphatic heterocycles. The van der Waals surface area contributed by atoms with Gasteiger partial charge in [-0.25, -0.2) is 9.78 Å². The summed E-state index contributed by atoms with van der Waals surface area (Å²) in [5.41, 5.74) is 6.46. The molecule has 6 rings (SSSR count). The lowest BCUT2D eigenvalue weighted by molar-refractivity contribution is -0.245. The number of rotatable bonds is 11. The SMILES string of the molecule is O=C(NCc1cccc(-c2ccc([C@H]3O[C@@H](CSc4ncccc4C(=O)O)C[C@@H](c4ccc(CO)cc4)O3)cc2)c1)c1ccccc1. The second kappa shape index (κ2) is 15.2. The van der Waals surface area contributed by atoms with Crippen LogP contribution in [0.5, 0.6) is 0 Å². The van der Waals surface area contributed by atoms with Gasteiger partial charge in [-0.2, -0.15) is 0 Å². The molecule has 0 radical (unpaired) electrons. The molecule has 1 fully saturated rings. The number of carboxylic acids is 1. The maximum atomic E-state index is 12.5. The van der Waals surface area contributed by atoms with Crippen LogP contribution in [0.1, 0.15) is 61.8 Å². The van der Waals surface area contributed by atoms with Crippen molar-refractivity contribution in [2.45, 2.75) is 43.1 Å². The van der Waals surface area contributed by atoms with Crippen molar-refractivity contribution in [2.24, 2.45) is 0 Å². The predicted molar refractivity (Wildman–Crippen MR) is 180 cm³/mol. The van der Waals surface area contributed by atoms with E-state index in [2.05, 4.69) is 16.4 Å². The molecule has 8 nitrogen and oxygen atoms in total. The number of hydrogen-bond donors (Lipinski definition) is 3. The molecule has 4 aromatic carbocycles. The number of ether oxygens (including phenoxy) is 2. The normalized spacial score (nSPS) is 17.6. The van der Waals surface area contributed by atoms with Crippen molar-refractivity contribution in [2.75, 3.05) is 5.75 Å². The van der Waals surface area contributed by atoms with Gasteiger partial charge in [-0.15, -0.1) is 11.8 Å². The average molecular weight is 647 g/mol. The van der Waals surface area contributed by atoms with Gasteiger partial charge in [0.1, 0.15) is 5.03 Å². The maximum Gasteiger partial charge on any atom is 0.338 e. The molecule has 0 unspecified atom stereocenters. The smallest absolute Gasteiger partial charge is 0.338 e. The Morgan fingerprint density at radius 3 is 2.32 bits per heavy atom. The van der Waals surface area contributed by atoms with Gasteiger partial charge in [-0.1, -0.05) is 84.9 Å². The molecular formula is C38H34N2O6S. The Bertz CT molecular complexity index is 1820. The van der Waals surface area contributed by atoms with Crippen LogP contribution in [0.2, 0.25) is 0 Å². The first-order valence-corrected chi connectivity index (χ1v) is 16.3. The number of nitrogens with zero attached hydrogens (tertiary/aromatic N) is 1. The van der Waals surface area contributed by atoms with Crippen molar-refractivity contribution in [1.29, 1.82) is 0 Å². The van der Waals surface area contributed by atoms with Crippen molar-refractivity contribution >= 4 is 23.6 Å². The van der Waals surface area contributed by atoms with Crippen LogP contribution >= 0.6 is 11.8 Å². The molecule has 0 saturated carbocycles. The van der Waals surface area contributed by atoms with Crippen molar-refractivity contribution in [3.05, 3.63) is 155 Å². The number of benzene rings is 4. The van der Waals surface area contributed by atoms with Crippen LogP contribution in [-0.4, -0.2) is 38.9 Å². The Hall–Kier alpha value is -4.80. The summed E-state index contributed by atoms with van der Waals surface area (Å²) in [6, 6.07) is 36.1. The number of aromatic nitrogens is 1. The van der Waals surface area contributed by atoms with Gasteiger partial charge < -0.3 is 25.0 Å². The number of aromatic carboxylic acids is 1. The van der Waals surface area contributed by atoms with E-state index in [-0.39, 0.29) is 30.3 Å². The quantitative estimate of drug-likeness (QED) is 0.129. The van der Waals surface area contributed by atoms with Gasteiger partial charge in [0.15, 0.2) is 6.29 Å². The molecule has 1 aliphatic rings. The van der Waals surface area contributed by atoms with E-state index in [4.69, 9.17) is 9.47 Å². The number of carbonyl (C=O) groups excluding carboxylic acids is 1. The largest absolute Gasteiger partial charge is 0.478 e. The Labute approximate surface area is 277 Å². The van der Waals surface area contributed by atoms with Gasteiger partial charge in [0, 0.05) is 36.0 Å². The summed E-state index contributed by atoms with van der Waals surface area (Å²) < 4.78 is 12.9. The van der Waals surface area contributed by atoms with Crippen molar-refractivity contribution < 1.29 is 29.3 Å². The number of aliphatic hydroxyl groups is 1. The lowest BCUT2D eigenvalue weighted by atomic mass is 9.99. The first-order chi connectivity index (χ1) is 23.0. The highest BCUT2D eigenvalue weighted by molar-refractivity contribution is 7.99. The molecule has 2 heterocycles. The van der Waals surface area contributed by atoms with Crippen LogP contribution in [0.4, 0.5) is 0 Å². The number of hydrogen-bond acceptors (Lipinski definition) is 7. The van der Waals surface area contributed by atoms with Gasteiger partial charge in [-0.3, -0.25) is 4.79 Å². The number of nitrogens with one attached hydrogen (secondary N) is 1. The van der Waals surface area contributed by atoms with Crippen LogP contribution in [-0.2, 0) is 22.6 Å². The molecule has 0 spiro atoms. The van der Waals surface area contributed by atoms with Gasteiger partial charge in [0.2, 0.25) is 0 Å². The molecule has 47 heavy (non-hydrogen) atoms. The van der Waals surface area contributed by atoms with Gasteiger partial charge in [0.05, 0.1) is 24.4 Å². The molecule has 5 aromatic rings. The fourth-order valence-electron chi connectivity index (χ4n) is 5.43. The molecule has 9 heteroatoms. The summed E-state index contributed by atoms with van der Waals surface area (Å²) in [7, 11) is 0. The molecule has 0 aliphatic carbocycles. The molecule has 238 valence electrons. The lowest BCUT2D eigenvalue weighted by Crippen LogP contribution is -2.31. The highest BCUT2D eigenvalue weighted by atomic mass is 32.2. The van der Waals surface area contributed by atoms with E-state index in [1.54, 1.807) is 30.5 Å². The molecular weight excluding hydrogens is 612 g/mol. The van der Waals surface area contributed by atoms with E-state index in [0.29, 0.717) is 29.3 Å². The minimum atomic E-state index is -1.02. The van der Waals surface area contributed by atoms with Gasteiger partial charge >= 0.3 is 5.97 Å². The summed E-state index contributed by atoms with van der Waals surface area (Å²) in [5, 5.41) is 22.5. The number of pyridine rings is 1. The second-order valence-corrected chi connectivity index (χ2v) is 12.2. The van der Waals surface area contributed by atoms with Crippen molar-refractivity contribution in [3.8, 4) is 11.1 Å². The Kier molecular flexibility index (Phi) is 10.4. The fraction of sp³-hybridized carbons (Fsp3) is 0.184. The fourth-order valence-corrected chi connectivity index (χ4v) is 6.44. The summed E-state index contributed by atoms with van der Waals surface area (Å²) in [4.78, 5) is 28.5. The second-order valence-electron chi connectivity index (χ2n) is 11.2. The molecule has 1 aromatic heterocycles. The predicted octanol–water partition coefficient (Wildman–Crippen LogP) is 7.21. The van der Waals surface area contributed by atoms with E-state index < -0.39 is 12.3 Å². The summed E-state index contributed by atoms with van der Waals surface area (Å²) in [6.07, 6.45) is 1.01. The number of amides is 1. The first-order valence-electron chi connectivity index (χ1n) is 15.3. The average Bonchev–Trinajstić information content (AvgIpc) is 3.13. The highest BCUT2D eigenvalue weighted by Crippen LogP contribution is 2.40. The molecule has 3 atom stereocenters. The monoisotopic (exact) mass is 646 g/mol. The first kappa shape index (κ1) is 32.2. The molecule has 0 bridgehead atoms. The van der Waals surface area contributed by atoms with E-state index in [1.165, 1.54) is 11.8 Å². The van der Waals surface area contributed by atoms with Crippen LogP contribution in [0.25, 0.3) is 11.1 Å². The lowest BCUT2D eigenvalue weighted by Gasteiger charge is -2.36. The summed E-state index contributed by atoms with van der Waals surface area (Å²) >= 11 is 1.36. The Morgan fingerprint density at radius 2 is 1.57 bits per heavy atom. The van der Waals surface area contributed by atoms with Gasteiger partial charge in [-0.05, 0) is 58.1 Å². The molecule has 1 saturated heterocycles. The third-order valence-corrected chi connectivity index (χ3v) is 9.09. The summed E-state index contributed by atoms with van der Waals surface area (Å²) in [5.74, 6) is -0.640. The number of aliphatic hydroxyl groups excluding tert-OH is 1. The van der Waals surface area contributed by atoms with Crippen molar-refractivity contribution in [3.63, 3.8) is 0 Å². The van der Waals surface area contributed by atoms with E-state index in [1.807, 2.05) is 84.9 Å².